The Labute approximate surface area is 125 Å². The molecule has 0 aromatic rings. The summed E-state index contributed by atoms with van der Waals surface area (Å²) >= 11 is 0. The molecule has 2 aliphatic rings. The van der Waals surface area contributed by atoms with Crippen molar-refractivity contribution in [3.63, 3.8) is 0 Å². The Morgan fingerprint density at radius 1 is 1.43 bits per heavy atom. The summed E-state index contributed by atoms with van der Waals surface area (Å²) in [5, 5.41) is 0. The highest BCUT2D eigenvalue weighted by Gasteiger charge is 2.39. The zero-order chi connectivity index (χ0) is 15.6. The molecule has 2 N–H and O–H groups in total. The molecule has 2 heterocycles. The Morgan fingerprint density at radius 3 is 2.67 bits per heavy atom. The number of hydrogen-bond acceptors (Lipinski definition) is 4. The Balaban J connectivity index is 2.67. The molecule has 21 heavy (non-hydrogen) atoms. The van der Waals surface area contributed by atoms with Gasteiger partial charge >= 0.3 is 0 Å². The molecular formula is C16H21N3O2. The van der Waals surface area contributed by atoms with Gasteiger partial charge in [0.2, 0.25) is 0 Å². The van der Waals surface area contributed by atoms with E-state index in [0.717, 1.165) is 17.8 Å². The van der Waals surface area contributed by atoms with Crippen molar-refractivity contribution in [1.82, 2.24) is 9.80 Å². The van der Waals surface area contributed by atoms with Crippen molar-refractivity contribution >= 4 is 11.7 Å². The molecule has 0 aromatic heterocycles. The van der Waals surface area contributed by atoms with Gasteiger partial charge < -0.3 is 15.5 Å². The normalized spacial score (nSPS) is 18.9. The largest absolute Gasteiger partial charge is 0.365 e. The van der Waals surface area contributed by atoms with Crippen LogP contribution in [-0.2, 0) is 9.59 Å². The van der Waals surface area contributed by atoms with Crippen LogP contribution in [0.25, 0.3) is 0 Å². The van der Waals surface area contributed by atoms with Gasteiger partial charge in [-0.2, -0.15) is 0 Å². The molecule has 0 atom stereocenters. The quantitative estimate of drug-likeness (QED) is 0.781. The first-order valence-corrected chi connectivity index (χ1v) is 7.18. The van der Waals surface area contributed by atoms with E-state index < -0.39 is 5.91 Å². The number of nitrogens with two attached hydrogens (primary N) is 1. The predicted molar refractivity (Wildman–Crippen MR) is 81.6 cm³/mol. The van der Waals surface area contributed by atoms with Crippen LogP contribution in [0.4, 0.5) is 0 Å². The molecule has 0 saturated carbocycles. The number of rotatable bonds is 5. The lowest BCUT2D eigenvalue weighted by molar-refractivity contribution is -0.122. The number of fused-ring (bicyclic) bond motifs is 1. The summed E-state index contributed by atoms with van der Waals surface area (Å²) in [6.45, 7) is 9.12. The van der Waals surface area contributed by atoms with Crippen LogP contribution in [-0.4, -0.2) is 34.6 Å². The first-order valence-electron chi connectivity index (χ1n) is 7.18. The monoisotopic (exact) mass is 287 g/mol. The Kier molecular flexibility index (Phi) is 4.31. The molecule has 5 heteroatoms. The van der Waals surface area contributed by atoms with Crippen LogP contribution < -0.4 is 5.73 Å². The maximum absolute atomic E-state index is 12.1. The molecule has 5 nitrogen and oxygen atoms in total. The van der Waals surface area contributed by atoms with E-state index in [1.165, 1.54) is 0 Å². The second kappa shape index (κ2) is 5.99. The highest BCUT2D eigenvalue weighted by atomic mass is 16.2. The maximum atomic E-state index is 12.1. The summed E-state index contributed by atoms with van der Waals surface area (Å²) in [4.78, 5) is 27.8. The summed E-state index contributed by atoms with van der Waals surface area (Å²) in [6.07, 6.45) is 6.86. The first kappa shape index (κ1) is 15.1. The number of ketones is 1. The fourth-order valence-corrected chi connectivity index (χ4v) is 2.86. The van der Waals surface area contributed by atoms with E-state index in [2.05, 4.69) is 6.58 Å². The average Bonchev–Trinajstić information content (AvgIpc) is 2.73. The number of carbonyl (C=O) groups excluding carboxylic acids is 2. The van der Waals surface area contributed by atoms with Gasteiger partial charge in [0.15, 0.2) is 5.78 Å². The minimum absolute atomic E-state index is 0.105. The lowest BCUT2D eigenvalue weighted by Gasteiger charge is -2.31. The van der Waals surface area contributed by atoms with Crippen LogP contribution in [0.5, 0.6) is 0 Å². The average molecular weight is 287 g/mol. The number of primary amides is 1. The molecule has 0 unspecified atom stereocenters. The van der Waals surface area contributed by atoms with Gasteiger partial charge in [-0.25, -0.2) is 0 Å². The van der Waals surface area contributed by atoms with Crippen molar-refractivity contribution in [3.8, 4) is 0 Å². The molecule has 0 saturated heterocycles. The van der Waals surface area contributed by atoms with Gasteiger partial charge in [-0.15, -0.1) is 0 Å². The number of allylic oxidation sites excluding steroid dienone is 3. The molecule has 2 rings (SSSR count). The topological polar surface area (TPSA) is 66.6 Å². The van der Waals surface area contributed by atoms with Crippen molar-refractivity contribution in [2.45, 2.75) is 26.7 Å². The number of nitrogens with zero attached hydrogens (tertiary/aromatic N) is 2. The van der Waals surface area contributed by atoms with Crippen molar-refractivity contribution in [2.24, 2.45) is 5.73 Å². The number of amides is 1. The van der Waals surface area contributed by atoms with Crippen LogP contribution in [0.3, 0.4) is 0 Å². The van der Waals surface area contributed by atoms with E-state index in [4.69, 9.17) is 5.73 Å². The zero-order valence-corrected chi connectivity index (χ0v) is 12.6. The van der Waals surface area contributed by atoms with Crippen molar-refractivity contribution in [3.05, 3.63) is 47.6 Å². The van der Waals surface area contributed by atoms with Crippen LogP contribution in [0, 0.1) is 0 Å². The van der Waals surface area contributed by atoms with Crippen LogP contribution in [0.1, 0.15) is 26.7 Å². The molecule has 2 aliphatic heterocycles. The summed E-state index contributed by atoms with van der Waals surface area (Å²) in [6, 6.07) is 0. The van der Waals surface area contributed by atoms with Gasteiger partial charge in [-0.1, -0.05) is 19.6 Å². The third-order valence-electron chi connectivity index (χ3n) is 3.63. The number of hydrogen-bond donors (Lipinski definition) is 1. The number of carbonyl (C=O) groups is 2. The SMILES string of the molecule is C=CC1=C(/C=C\C)N2CCC(=O)C(C(N)=O)=C2N1CCC. The minimum atomic E-state index is -0.661. The van der Waals surface area contributed by atoms with Gasteiger partial charge in [0.25, 0.3) is 5.91 Å². The van der Waals surface area contributed by atoms with E-state index >= 15 is 0 Å². The standard InChI is InChI=1S/C16H21N3O2/c1-4-7-12-11(6-3)18(9-5-2)16-14(15(17)21)13(20)8-10-19(12)16/h4,6-7H,3,5,8-10H2,1-2H3,(H2,17,21)/b7-4-. The Hall–Kier alpha value is -2.30. The van der Waals surface area contributed by atoms with E-state index in [9.17, 15) is 9.59 Å². The molecule has 0 aromatic carbocycles. The van der Waals surface area contributed by atoms with E-state index in [1.54, 1.807) is 6.08 Å². The van der Waals surface area contributed by atoms with E-state index in [1.807, 2.05) is 35.8 Å². The minimum Gasteiger partial charge on any atom is -0.365 e. The Morgan fingerprint density at radius 2 is 2.14 bits per heavy atom. The highest BCUT2D eigenvalue weighted by molar-refractivity contribution is 6.19. The molecule has 0 fully saturated rings. The number of Topliss-reactive ketones (excluding diaryl/α,β-unsaturated/α-hetero) is 1. The third kappa shape index (κ3) is 2.39. The van der Waals surface area contributed by atoms with E-state index in [0.29, 0.717) is 25.3 Å². The third-order valence-corrected chi connectivity index (χ3v) is 3.63. The van der Waals surface area contributed by atoms with Crippen LogP contribution in [0.2, 0.25) is 0 Å². The predicted octanol–water partition coefficient (Wildman–Crippen LogP) is 1.66. The van der Waals surface area contributed by atoms with Gasteiger partial charge in [0.05, 0.1) is 11.4 Å². The van der Waals surface area contributed by atoms with Gasteiger partial charge in [-0.3, -0.25) is 9.59 Å². The second-order valence-electron chi connectivity index (χ2n) is 5.01. The lowest BCUT2D eigenvalue weighted by atomic mass is 10.0. The van der Waals surface area contributed by atoms with Gasteiger partial charge in [-0.05, 0) is 25.5 Å². The maximum Gasteiger partial charge on any atom is 0.256 e. The fraction of sp³-hybridized carbons (Fsp3) is 0.375. The summed E-state index contributed by atoms with van der Waals surface area (Å²) < 4.78 is 0. The van der Waals surface area contributed by atoms with E-state index in [-0.39, 0.29) is 11.4 Å². The van der Waals surface area contributed by atoms with Gasteiger partial charge in [0, 0.05) is 19.5 Å². The molecule has 1 amide bonds. The Bertz CT molecular complexity index is 584. The van der Waals surface area contributed by atoms with Crippen molar-refractivity contribution in [1.29, 1.82) is 0 Å². The molecule has 112 valence electrons. The van der Waals surface area contributed by atoms with Crippen molar-refractivity contribution < 1.29 is 9.59 Å². The fourth-order valence-electron chi connectivity index (χ4n) is 2.86. The summed E-state index contributed by atoms with van der Waals surface area (Å²) in [5.74, 6) is -0.227. The zero-order valence-electron chi connectivity index (χ0n) is 12.6. The molecule has 0 radical (unpaired) electrons. The lowest BCUT2D eigenvalue weighted by Crippen LogP contribution is -2.39. The molecule has 0 aliphatic carbocycles. The molecule has 0 spiro atoms. The summed E-state index contributed by atoms with van der Waals surface area (Å²) in [7, 11) is 0. The van der Waals surface area contributed by atoms with Gasteiger partial charge in [0.1, 0.15) is 11.4 Å². The van der Waals surface area contributed by atoms with Crippen LogP contribution >= 0.6 is 0 Å². The highest BCUT2D eigenvalue weighted by Crippen LogP contribution is 2.38. The second-order valence-corrected chi connectivity index (χ2v) is 5.01. The first-order chi connectivity index (χ1) is 10.1. The smallest absolute Gasteiger partial charge is 0.256 e. The van der Waals surface area contributed by atoms with Crippen LogP contribution in [0.15, 0.2) is 47.6 Å². The summed E-state index contributed by atoms with van der Waals surface area (Å²) in [5.41, 5.74) is 7.43. The van der Waals surface area contributed by atoms with Crippen molar-refractivity contribution in [2.75, 3.05) is 13.1 Å². The molecular weight excluding hydrogens is 266 g/mol. The molecule has 0 bridgehead atoms.